The molecule has 0 radical (unpaired) electrons. The fraction of sp³-hybridized carbons (Fsp3) is 0.889. The Morgan fingerprint density at radius 2 is 1.91 bits per heavy atom. The minimum absolute atomic E-state index is 0.0566. The van der Waals surface area contributed by atoms with Gasteiger partial charge in [-0.3, -0.25) is 4.79 Å². The van der Waals surface area contributed by atoms with Gasteiger partial charge in [0.1, 0.15) is 0 Å². The number of hydrogen-bond donors (Lipinski definition) is 1. The van der Waals surface area contributed by atoms with Crippen LogP contribution in [-0.2, 0) is 4.79 Å². The molecule has 0 saturated carbocycles. The van der Waals surface area contributed by atoms with Gasteiger partial charge in [0.2, 0.25) is 5.91 Å². The molecule has 0 aliphatic carbocycles. The van der Waals surface area contributed by atoms with Crippen LogP contribution in [0.1, 0.15) is 34.6 Å². The molecule has 0 aliphatic rings. The fourth-order valence-electron chi connectivity index (χ4n) is 0.603. The first-order chi connectivity index (χ1) is 4.84. The molecule has 0 saturated heterocycles. The first-order valence-corrected chi connectivity index (χ1v) is 4.08. The van der Waals surface area contributed by atoms with Crippen molar-refractivity contribution in [2.75, 3.05) is 6.54 Å². The molecule has 0 rings (SSSR count). The molecule has 1 amide bonds. The van der Waals surface area contributed by atoms with Gasteiger partial charge in [-0.1, -0.05) is 27.7 Å². The summed E-state index contributed by atoms with van der Waals surface area (Å²) in [5.74, 6) is 0.576. The van der Waals surface area contributed by atoms with Crippen molar-refractivity contribution in [3.8, 4) is 0 Å². The number of amides is 1. The van der Waals surface area contributed by atoms with Crippen molar-refractivity contribution < 1.29 is 4.79 Å². The predicted molar refractivity (Wildman–Crippen MR) is 47.3 cm³/mol. The standard InChI is InChI=1S/C9H19NO/c1-7(9(3,4)5)6-10-8(2)11/h7H,6H2,1-5H3,(H,10,11)/t7-/m0/s1. The van der Waals surface area contributed by atoms with Gasteiger partial charge in [0, 0.05) is 13.5 Å². The van der Waals surface area contributed by atoms with Crippen molar-refractivity contribution in [3.05, 3.63) is 0 Å². The summed E-state index contributed by atoms with van der Waals surface area (Å²) in [6.07, 6.45) is 0. The van der Waals surface area contributed by atoms with E-state index in [1.165, 1.54) is 0 Å². The topological polar surface area (TPSA) is 29.1 Å². The number of nitrogens with one attached hydrogen (secondary N) is 1. The van der Waals surface area contributed by atoms with Gasteiger partial charge in [0.25, 0.3) is 0 Å². The first kappa shape index (κ1) is 10.5. The van der Waals surface area contributed by atoms with Gasteiger partial charge in [0.05, 0.1) is 0 Å². The zero-order valence-corrected chi connectivity index (χ0v) is 8.19. The van der Waals surface area contributed by atoms with Crippen LogP contribution < -0.4 is 5.32 Å². The maximum atomic E-state index is 10.6. The van der Waals surface area contributed by atoms with Crippen LogP contribution in [0, 0.1) is 11.3 Å². The lowest BCUT2D eigenvalue weighted by atomic mass is 9.82. The highest BCUT2D eigenvalue weighted by Crippen LogP contribution is 2.24. The van der Waals surface area contributed by atoms with Crippen LogP contribution in [0.15, 0.2) is 0 Å². The number of carbonyl (C=O) groups excluding carboxylic acids is 1. The molecule has 0 fully saturated rings. The van der Waals surface area contributed by atoms with Crippen LogP contribution in [0.25, 0.3) is 0 Å². The van der Waals surface area contributed by atoms with Gasteiger partial charge in [-0.15, -0.1) is 0 Å². The van der Waals surface area contributed by atoms with Gasteiger partial charge in [0.15, 0.2) is 0 Å². The van der Waals surface area contributed by atoms with Crippen molar-refractivity contribution in [2.24, 2.45) is 11.3 Å². The highest BCUT2D eigenvalue weighted by molar-refractivity contribution is 5.72. The number of hydrogen-bond acceptors (Lipinski definition) is 1. The summed E-state index contributed by atoms with van der Waals surface area (Å²) in [6.45, 7) is 11.0. The highest BCUT2D eigenvalue weighted by atomic mass is 16.1. The third-order valence-corrected chi connectivity index (χ3v) is 2.14. The van der Waals surface area contributed by atoms with Gasteiger partial charge in [-0.2, -0.15) is 0 Å². The third kappa shape index (κ3) is 4.82. The zero-order chi connectivity index (χ0) is 9.07. The third-order valence-electron chi connectivity index (χ3n) is 2.14. The van der Waals surface area contributed by atoms with E-state index in [0.717, 1.165) is 6.54 Å². The largest absolute Gasteiger partial charge is 0.356 e. The van der Waals surface area contributed by atoms with E-state index in [2.05, 4.69) is 33.0 Å². The molecule has 0 aliphatic heterocycles. The van der Waals surface area contributed by atoms with Crippen LogP contribution in [0.4, 0.5) is 0 Å². The van der Waals surface area contributed by atoms with E-state index in [1.807, 2.05) is 0 Å². The molecule has 2 heteroatoms. The normalized spacial score (nSPS) is 14.3. The smallest absolute Gasteiger partial charge is 0.216 e. The van der Waals surface area contributed by atoms with Crippen molar-refractivity contribution in [1.82, 2.24) is 5.32 Å². The van der Waals surface area contributed by atoms with Crippen molar-refractivity contribution in [2.45, 2.75) is 34.6 Å². The lowest BCUT2D eigenvalue weighted by Gasteiger charge is -2.27. The Kier molecular flexibility index (Phi) is 3.56. The molecule has 11 heavy (non-hydrogen) atoms. The Balaban J connectivity index is 3.70. The molecule has 0 unspecified atom stereocenters. The van der Waals surface area contributed by atoms with E-state index >= 15 is 0 Å². The molecule has 0 aromatic heterocycles. The fourth-order valence-corrected chi connectivity index (χ4v) is 0.603. The van der Waals surface area contributed by atoms with Gasteiger partial charge in [-0.05, 0) is 11.3 Å². The molecule has 1 atom stereocenters. The molecule has 0 aromatic carbocycles. The van der Waals surface area contributed by atoms with E-state index in [9.17, 15) is 4.79 Å². The second-order valence-electron chi connectivity index (χ2n) is 4.20. The number of rotatable bonds is 2. The van der Waals surface area contributed by atoms with Crippen molar-refractivity contribution in [1.29, 1.82) is 0 Å². The Bertz CT molecular complexity index is 135. The summed E-state index contributed by atoms with van der Waals surface area (Å²) >= 11 is 0. The van der Waals surface area contributed by atoms with Crippen molar-refractivity contribution in [3.63, 3.8) is 0 Å². The molecule has 66 valence electrons. The van der Waals surface area contributed by atoms with E-state index in [1.54, 1.807) is 6.92 Å². The molecule has 0 heterocycles. The predicted octanol–water partition coefficient (Wildman–Crippen LogP) is 1.80. The lowest BCUT2D eigenvalue weighted by molar-refractivity contribution is -0.119. The number of carbonyl (C=O) groups is 1. The van der Waals surface area contributed by atoms with Crippen LogP contribution in [0.2, 0.25) is 0 Å². The van der Waals surface area contributed by atoms with Crippen LogP contribution in [-0.4, -0.2) is 12.5 Å². The second-order valence-corrected chi connectivity index (χ2v) is 4.20. The maximum absolute atomic E-state index is 10.6. The Morgan fingerprint density at radius 1 is 1.45 bits per heavy atom. The van der Waals surface area contributed by atoms with Crippen LogP contribution in [0.5, 0.6) is 0 Å². The average molecular weight is 157 g/mol. The summed E-state index contributed by atoms with van der Waals surface area (Å²) in [5.41, 5.74) is 0.280. The van der Waals surface area contributed by atoms with E-state index in [-0.39, 0.29) is 11.3 Å². The minimum atomic E-state index is 0.0566. The zero-order valence-electron chi connectivity index (χ0n) is 8.19. The average Bonchev–Trinajstić information content (AvgIpc) is 1.80. The summed E-state index contributed by atoms with van der Waals surface area (Å²) in [4.78, 5) is 10.6. The molecular formula is C9H19NO. The Morgan fingerprint density at radius 3 is 2.18 bits per heavy atom. The maximum Gasteiger partial charge on any atom is 0.216 e. The van der Waals surface area contributed by atoms with Crippen LogP contribution in [0.3, 0.4) is 0 Å². The molecular weight excluding hydrogens is 138 g/mol. The minimum Gasteiger partial charge on any atom is -0.356 e. The van der Waals surface area contributed by atoms with Crippen molar-refractivity contribution >= 4 is 5.91 Å². The molecule has 1 N–H and O–H groups in total. The van der Waals surface area contributed by atoms with Gasteiger partial charge < -0.3 is 5.32 Å². The van der Waals surface area contributed by atoms with E-state index < -0.39 is 0 Å². The Labute approximate surface area is 69.4 Å². The molecule has 0 aromatic rings. The second kappa shape index (κ2) is 3.74. The van der Waals surface area contributed by atoms with Gasteiger partial charge >= 0.3 is 0 Å². The summed E-state index contributed by atoms with van der Waals surface area (Å²) in [5, 5.41) is 2.81. The monoisotopic (exact) mass is 157 g/mol. The molecule has 2 nitrogen and oxygen atoms in total. The summed E-state index contributed by atoms with van der Waals surface area (Å²) in [7, 11) is 0. The summed E-state index contributed by atoms with van der Waals surface area (Å²) < 4.78 is 0. The SMILES string of the molecule is CC(=O)NC[C@H](C)C(C)(C)C. The highest BCUT2D eigenvalue weighted by Gasteiger charge is 2.19. The van der Waals surface area contributed by atoms with Crippen LogP contribution >= 0.6 is 0 Å². The molecule has 0 spiro atoms. The molecule has 0 bridgehead atoms. The van der Waals surface area contributed by atoms with Gasteiger partial charge in [-0.25, -0.2) is 0 Å². The Hall–Kier alpha value is -0.530. The van der Waals surface area contributed by atoms with E-state index in [0.29, 0.717) is 5.92 Å². The summed E-state index contributed by atoms with van der Waals surface area (Å²) in [6, 6.07) is 0. The van der Waals surface area contributed by atoms with E-state index in [4.69, 9.17) is 0 Å². The first-order valence-electron chi connectivity index (χ1n) is 4.08. The quantitative estimate of drug-likeness (QED) is 0.650. The lowest BCUT2D eigenvalue weighted by Crippen LogP contribution is -2.32.